The minimum absolute atomic E-state index is 0.243. The largest absolute Gasteiger partial charge is 0.364 e. The smallest absolute Gasteiger partial charge is 0.271 e. The summed E-state index contributed by atoms with van der Waals surface area (Å²) in [4.78, 5) is 18.8. The maximum Gasteiger partial charge on any atom is 0.271 e. The number of carbonyl (C=O) groups is 1. The first-order chi connectivity index (χ1) is 9.09. The lowest BCUT2D eigenvalue weighted by atomic mass is 10.1. The Bertz CT molecular complexity index is 594. The molecule has 0 spiro atoms. The number of hydrazone groups is 1. The number of H-pyrrole nitrogens is 1. The van der Waals surface area contributed by atoms with E-state index in [4.69, 9.17) is 0 Å². The van der Waals surface area contributed by atoms with Crippen molar-refractivity contribution in [1.29, 1.82) is 0 Å². The number of rotatable bonds is 3. The number of nitrogens with one attached hydrogen (secondary N) is 2. The SMILES string of the molecule is C/C(=N\NC(=O)c1ccncc1)c1c(C)c[nH]c1C. The van der Waals surface area contributed by atoms with E-state index < -0.39 is 0 Å². The zero-order valence-corrected chi connectivity index (χ0v) is 11.2. The predicted octanol–water partition coefficient (Wildman–Crippen LogP) is 2.18. The number of aryl methyl sites for hydroxylation is 2. The Morgan fingerprint density at radius 3 is 2.58 bits per heavy atom. The average Bonchev–Trinajstić information content (AvgIpc) is 2.76. The van der Waals surface area contributed by atoms with E-state index in [0.29, 0.717) is 5.56 Å². The number of hydrogen-bond acceptors (Lipinski definition) is 3. The maximum atomic E-state index is 11.8. The molecular formula is C14H16N4O. The Balaban J connectivity index is 2.13. The Morgan fingerprint density at radius 2 is 2.00 bits per heavy atom. The molecule has 1 amide bonds. The second-order valence-electron chi connectivity index (χ2n) is 4.35. The zero-order chi connectivity index (χ0) is 13.8. The molecule has 2 aromatic heterocycles. The van der Waals surface area contributed by atoms with Gasteiger partial charge in [-0.1, -0.05) is 0 Å². The Kier molecular flexibility index (Phi) is 3.75. The van der Waals surface area contributed by atoms with Crippen LogP contribution >= 0.6 is 0 Å². The third-order valence-corrected chi connectivity index (χ3v) is 2.90. The summed E-state index contributed by atoms with van der Waals surface area (Å²) < 4.78 is 0. The fraction of sp³-hybridized carbons (Fsp3) is 0.214. The van der Waals surface area contributed by atoms with Gasteiger partial charge in [0.2, 0.25) is 0 Å². The van der Waals surface area contributed by atoms with Crippen LogP contribution in [-0.2, 0) is 0 Å². The van der Waals surface area contributed by atoms with Crippen molar-refractivity contribution in [2.24, 2.45) is 5.10 Å². The number of nitrogens with zero attached hydrogens (tertiary/aromatic N) is 2. The van der Waals surface area contributed by atoms with Crippen LogP contribution in [0.2, 0.25) is 0 Å². The van der Waals surface area contributed by atoms with Crippen molar-refractivity contribution < 1.29 is 4.79 Å². The number of aromatic amines is 1. The molecule has 0 aromatic carbocycles. The first-order valence-corrected chi connectivity index (χ1v) is 5.99. The standard InChI is InChI=1S/C14H16N4O/c1-9-8-16-10(2)13(9)11(3)17-18-14(19)12-4-6-15-7-5-12/h4-8,16H,1-3H3,(H,18,19)/b17-11+. The molecule has 2 aromatic rings. The van der Waals surface area contributed by atoms with Crippen LogP contribution in [0.15, 0.2) is 35.8 Å². The molecule has 0 aliphatic rings. The zero-order valence-electron chi connectivity index (χ0n) is 11.2. The summed E-state index contributed by atoms with van der Waals surface area (Å²) in [6, 6.07) is 3.29. The summed E-state index contributed by atoms with van der Waals surface area (Å²) >= 11 is 0. The van der Waals surface area contributed by atoms with Crippen molar-refractivity contribution >= 4 is 11.6 Å². The van der Waals surface area contributed by atoms with Crippen molar-refractivity contribution in [1.82, 2.24) is 15.4 Å². The van der Waals surface area contributed by atoms with E-state index >= 15 is 0 Å². The molecule has 0 fully saturated rings. The maximum absolute atomic E-state index is 11.8. The van der Waals surface area contributed by atoms with Gasteiger partial charge in [0.1, 0.15) is 0 Å². The highest BCUT2D eigenvalue weighted by atomic mass is 16.2. The number of amides is 1. The van der Waals surface area contributed by atoms with Crippen LogP contribution in [0.5, 0.6) is 0 Å². The molecular weight excluding hydrogens is 240 g/mol. The number of pyridine rings is 1. The van der Waals surface area contributed by atoms with Crippen molar-refractivity contribution in [2.45, 2.75) is 20.8 Å². The van der Waals surface area contributed by atoms with Crippen molar-refractivity contribution in [3.05, 3.63) is 53.1 Å². The molecule has 0 unspecified atom stereocenters. The normalized spacial score (nSPS) is 11.4. The molecule has 0 bridgehead atoms. The van der Waals surface area contributed by atoms with Crippen LogP contribution in [0.25, 0.3) is 0 Å². The Morgan fingerprint density at radius 1 is 1.32 bits per heavy atom. The molecule has 98 valence electrons. The first-order valence-electron chi connectivity index (χ1n) is 5.99. The van der Waals surface area contributed by atoms with Gasteiger partial charge in [0.05, 0.1) is 5.71 Å². The van der Waals surface area contributed by atoms with Gasteiger partial charge in [0.25, 0.3) is 5.91 Å². The second-order valence-corrected chi connectivity index (χ2v) is 4.35. The van der Waals surface area contributed by atoms with Gasteiger partial charge in [-0.15, -0.1) is 0 Å². The molecule has 2 heterocycles. The number of hydrogen-bond donors (Lipinski definition) is 2. The topological polar surface area (TPSA) is 70.1 Å². The van der Waals surface area contributed by atoms with E-state index in [1.165, 1.54) is 0 Å². The van der Waals surface area contributed by atoms with E-state index in [1.807, 2.05) is 27.0 Å². The lowest BCUT2D eigenvalue weighted by Crippen LogP contribution is -2.19. The molecule has 0 aliphatic carbocycles. The molecule has 0 saturated heterocycles. The molecule has 5 nitrogen and oxygen atoms in total. The van der Waals surface area contributed by atoms with Crippen molar-refractivity contribution in [3.8, 4) is 0 Å². The highest BCUT2D eigenvalue weighted by molar-refractivity contribution is 6.02. The monoisotopic (exact) mass is 256 g/mol. The van der Waals surface area contributed by atoms with Crippen LogP contribution in [-0.4, -0.2) is 21.6 Å². The summed E-state index contributed by atoms with van der Waals surface area (Å²) in [5, 5.41) is 4.14. The summed E-state index contributed by atoms with van der Waals surface area (Å²) in [6.07, 6.45) is 5.08. The van der Waals surface area contributed by atoms with Gasteiger partial charge in [-0.05, 0) is 38.5 Å². The fourth-order valence-corrected chi connectivity index (χ4v) is 1.97. The first kappa shape index (κ1) is 13.0. The van der Waals surface area contributed by atoms with Gasteiger partial charge in [0, 0.05) is 35.4 Å². The highest BCUT2D eigenvalue weighted by Gasteiger charge is 2.09. The van der Waals surface area contributed by atoms with Crippen LogP contribution in [0.3, 0.4) is 0 Å². The Labute approximate surface area is 111 Å². The number of aromatic nitrogens is 2. The van der Waals surface area contributed by atoms with Crippen molar-refractivity contribution in [3.63, 3.8) is 0 Å². The highest BCUT2D eigenvalue weighted by Crippen LogP contribution is 2.13. The van der Waals surface area contributed by atoms with Gasteiger partial charge in [-0.25, -0.2) is 5.43 Å². The van der Waals surface area contributed by atoms with Gasteiger partial charge < -0.3 is 4.98 Å². The summed E-state index contributed by atoms with van der Waals surface area (Å²) in [5.41, 5.74) is 7.05. The lowest BCUT2D eigenvalue weighted by molar-refractivity contribution is 0.0954. The summed E-state index contributed by atoms with van der Waals surface area (Å²) in [6.45, 7) is 5.85. The van der Waals surface area contributed by atoms with E-state index in [9.17, 15) is 4.79 Å². The van der Waals surface area contributed by atoms with Crippen LogP contribution < -0.4 is 5.43 Å². The van der Waals surface area contributed by atoms with Gasteiger partial charge in [-0.2, -0.15) is 5.10 Å². The molecule has 2 N–H and O–H groups in total. The van der Waals surface area contributed by atoms with Crippen LogP contribution in [0.1, 0.15) is 34.1 Å². The minimum Gasteiger partial charge on any atom is -0.364 e. The third-order valence-electron chi connectivity index (χ3n) is 2.90. The average molecular weight is 256 g/mol. The van der Waals surface area contributed by atoms with Crippen molar-refractivity contribution in [2.75, 3.05) is 0 Å². The molecule has 5 heteroatoms. The number of carbonyl (C=O) groups excluding carboxylic acids is 1. The molecule has 0 radical (unpaired) electrons. The molecule has 0 atom stereocenters. The third kappa shape index (κ3) is 2.88. The van der Waals surface area contributed by atoms with E-state index in [2.05, 4.69) is 20.5 Å². The summed E-state index contributed by atoms with van der Waals surface area (Å²) in [5.74, 6) is -0.243. The molecule has 0 aliphatic heterocycles. The predicted molar refractivity (Wildman–Crippen MR) is 74.2 cm³/mol. The van der Waals surface area contributed by atoms with Gasteiger partial charge >= 0.3 is 0 Å². The fourth-order valence-electron chi connectivity index (χ4n) is 1.97. The van der Waals surface area contributed by atoms with Crippen LogP contribution in [0.4, 0.5) is 0 Å². The Hall–Kier alpha value is -2.43. The molecule has 2 rings (SSSR count). The second kappa shape index (κ2) is 5.48. The van der Waals surface area contributed by atoms with E-state index in [1.54, 1.807) is 24.5 Å². The quantitative estimate of drug-likeness (QED) is 0.652. The van der Waals surface area contributed by atoms with Gasteiger partial charge in [-0.3, -0.25) is 9.78 Å². The van der Waals surface area contributed by atoms with Gasteiger partial charge in [0.15, 0.2) is 0 Å². The molecule has 0 saturated carbocycles. The van der Waals surface area contributed by atoms with E-state index in [-0.39, 0.29) is 5.91 Å². The minimum atomic E-state index is -0.243. The molecule has 19 heavy (non-hydrogen) atoms. The summed E-state index contributed by atoms with van der Waals surface area (Å²) in [7, 11) is 0. The van der Waals surface area contributed by atoms with Crippen LogP contribution in [0, 0.1) is 13.8 Å². The lowest BCUT2D eigenvalue weighted by Gasteiger charge is -2.03. The van der Waals surface area contributed by atoms with E-state index in [0.717, 1.165) is 22.5 Å².